The molecule has 10 heteroatoms. The number of aromatic nitrogens is 1. The molecule has 0 bridgehead atoms. The summed E-state index contributed by atoms with van der Waals surface area (Å²) < 4.78 is 5.33. The van der Waals surface area contributed by atoms with E-state index in [0.717, 1.165) is 22.0 Å². The first-order chi connectivity index (χ1) is 19.3. The fourth-order valence-corrected chi connectivity index (χ4v) is 4.48. The first kappa shape index (κ1) is 31.2. The zero-order valence-corrected chi connectivity index (χ0v) is 24.2. The van der Waals surface area contributed by atoms with E-state index in [-0.39, 0.29) is 18.8 Å². The molecule has 5 N–H and O–H groups in total. The number of ether oxygens (including phenoxy) is 1. The normalized spacial score (nSPS) is 13.7. The number of rotatable bonds is 12. The molecule has 0 spiro atoms. The summed E-state index contributed by atoms with van der Waals surface area (Å²) >= 11 is 0. The number of aliphatic carboxylic acids is 1. The second-order valence-electron chi connectivity index (χ2n) is 11.5. The van der Waals surface area contributed by atoms with Crippen LogP contribution < -0.4 is 16.0 Å². The van der Waals surface area contributed by atoms with Gasteiger partial charge in [0.05, 0.1) is 0 Å². The van der Waals surface area contributed by atoms with E-state index in [1.165, 1.54) is 0 Å². The summed E-state index contributed by atoms with van der Waals surface area (Å²) in [7, 11) is 0. The van der Waals surface area contributed by atoms with Crippen molar-refractivity contribution in [2.75, 3.05) is 0 Å². The minimum Gasteiger partial charge on any atom is -0.480 e. The van der Waals surface area contributed by atoms with E-state index in [1.807, 2.05) is 68.4 Å². The second-order valence-corrected chi connectivity index (χ2v) is 11.5. The van der Waals surface area contributed by atoms with Gasteiger partial charge in [-0.3, -0.25) is 9.59 Å². The molecule has 3 rings (SSSR count). The molecule has 0 fully saturated rings. The van der Waals surface area contributed by atoms with E-state index < -0.39 is 47.6 Å². The zero-order valence-electron chi connectivity index (χ0n) is 24.2. The van der Waals surface area contributed by atoms with Gasteiger partial charge in [-0.25, -0.2) is 9.59 Å². The van der Waals surface area contributed by atoms with Crippen molar-refractivity contribution in [1.82, 2.24) is 20.9 Å². The number of carboxylic acids is 1. The van der Waals surface area contributed by atoms with Crippen LogP contribution in [0.25, 0.3) is 10.9 Å². The average molecular weight is 565 g/mol. The number of H-pyrrole nitrogens is 1. The lowest BCUT2D eigenvalue weighted by Gasteiger charge is -2.26. The van der Waals surface area contributed by atoms with Crippen molar-refractivity contribution >= 4 is 34.8 Å². The molecule has 0 saturated carbocycles. The topological polar surface area (TPSA) is 150 Å². The Bertz CT molecular complexity index is 1350. The maximum absolute atomic E-state index is 13.5. The van der Waals surface area contributed by atoms with E-state index >= 15 is 0 Å². The van der Waals surface area contributed by atoms with Gasteiger partial charge in [-0.2, -0.15) is 0 Å². The Labute approximate surface area is 240 Å². The zero-order chi connectivity index (χ0) is 30.2. The molecular weight excluding hydrogens is 524 g/mol. The highest BCUT2D eigenvalue weighted by atomic mass is 16.6. The summed E-state index contributed by atoms with van der Waals surface area (Å²) in [6.07, 6.45) is 1.47. The van der Waals surface area contributed by atoms with Gasteiger partial charge in [-0.1, -0.05) is 62.4 Å². The molecule has 0 saturated heterocycles. The Kier molecular flexibility index (Phi) is 10.5. The van der Waals surface area contributed by atoms with Crippen molar-refractivity contribution < 1.29 is 29.0 Å². The predicted octanol–water partition coefficient (Wildman–Crippen LogP) is 3.95. The standard InChI is InChI=1S/C31H40N4O6/c1-19(2)15-24(35-30(40)41-31(3,4)5)27(36)33-25(16-20-11-7-6-8-12-20)28(37)34-26(29(38)39)17-21-18-32-23-14-10-9-13-22(21)23/h6-14,18-19,24-26,32H,15-17H2,1-5H3,(H,33,36)(H,34,37)(H,35,40)(H,38,39)/t24-,25-,26-/m0/s1. The van der Waals surface area contributed by atoms with E-state index in [0.29, 0.717) is 6.42 Å². The van der Waals surface area contributed by atoms with Crippen molar-refractivity contribution in [3.63, 3.8) is 0 Å². The molecule has 220 valence electrons. The molecule has 0 aliphatic rings. The van der Waals surface area contributed by atoms with Crippen molar-refractivity contribution in [1.29, 1.82) is 0 Å². The minimum atomic E-state index is -1.23. The first-order valence-corrected chi connectivity index (χ1v) is 13.7. The molecule has 1 heterocycles. The SMILES string of the molecule is CC(C)C[C@H](NC(=O)OC(C)(C)C)C(=O)N[C@@H](Cc1ccccc1)C(=O)N[C@@H](Cc1c[nH]c2ccccc12)C(=O)O. The third-order valence-corrected chi connectivity index (χ3v) is 6.34. The molecule has 3 atom stereocenters. The number of fused-ring (bicyclic) bond motifs is 1. The highest BCUT2D eigenvalue weighted by Crippen LogP contribution is 2.19. The van der Waals surface area contributed by atoms with Crippen LogP contribution in [-0.4, -0.2) is 57.7 Å². The third kappa shape index (κ3) is 9.66. The van der Waals surface area contributed by atoms with Crippen LogP contribution in [-0.2, 0) is 32.0 Å². The quantitative estimate of drug-likeness (QED) is 0.225. The molecule has 0 aliphatic carbocycles. The predicted molar refractivity (Wildman–Crippen MR) is 156 cm³/mol. The van der Waals surface area contributed by atoms with Crippen molar-refractivity contribution in [2.45, 2.75) is 77.6 Å². The van der Waals surface area contributed by atoms with Crippen molar-refractivity contribution in [3.8, 4) is 0 Å². The molecule has 0 unspecified atom stereocenters. The molecule has 10 nitrogen and oxygen atoms in total. The summed E-state index contributed by atoms with van der Waals surface area (Å²) in [5.41, 5.74) is 1.63. The lowest BCUT2D eigenvalue weighted by Crippen LogP contribution is -2.57. The van der Waals surface area contributed by atoms with Crippen LogP contribution in [0.2, 0.25) is 0 Å². The molecule has 3 amide bonds. The number of amides is 3. The Hall–Kier alpha value is -4.34. The summed E-state index contributed by atoms with van der Waals surface area (Å²) in [4.78, 5) is 54.7. The van der Waals surface area contributed by atoms with Crippen LogP contribution in [0.1, 0.15) is 52.2 Å². The Morgan fingerprint density at radius 3 is 2.07 bits per heavy atom. The van der Waals surface area contributed by atoms with Crippen LogP contribution >= 0.6 is 0 Å². The maximum atomic E-state index is 13.5. The van der Waals surface area contributed by atoms with Gasteiger partial charge < -0.3 is 30.8 Å². The van der Waals surface area contributed by atoms with Gasteiger partial charge in [0.25, 0.3) is 0 Å². The number of benzene rings is 2. The number of nitrogens with one attached hydrogen (secondary N) is 4. The number of hydrogen-bond donors (Lipinski definition) is 5. The number of alkyl carbamates (subject to hydrolysis) is 1. The lowest BCUT2D eigenvalue weighted by atomic mass is 10.0. The molecule has 41 heavy (non-hydrogen) atoms. The number of hydrogen-bond acceptors (Lipinski definition) is 5. The molecule has 2 aromatic carbocycles. The largest absolute Gasteiger partial charge is 0.480 e. The number of aromatic amines is 1. The van der Waals surface area contributed by atoms with Crippen LogP contribution in [0.4, 0.5) is 4.79 Å². The van der Waals surface area contributed by atoms with Crippen LogP contribution in [0, 0.1) is 5.92 Å². The summed E-state index contributed by atoms with van der Waals surface area (Å²) in [5, 5.41) is 18.8. The first-order valence-electron chi connectivity index (χ1n) is 13.7. The van der Waals surface area contributed by atoms with Crippen molar-refractivity contribution in [3.05, 3.63) is 71.9 Å². The van der Waals surface area contributed by atoms with Gasteiger partial charge >= 0.3 is 12.1 Å². The van der Waals surface area contributed by atoms with Gasteiger partial charge in [0.2, 0.25) is 11.8 Å². The van der Waals surface area contributed by atoms with Crippen LogP contribution in [0.3, 0.4) is 0 Å². The van der Waals surface area contributed by atoms with Gasteiger partial charge in [0, 0.05) is 29.9 Å². The second kappa shape index (κ2) is 13.8. The molecule has 3 aromatic rings. The Balaban J connectivity index is 1.81. The molecular formula is C31H40N4O6. The minimum absolute atomic E-state index is 0.0489. The monoisotopic (exact) mass is 564 g/mol. The van der Waals surface area contributed by atoms with Gasteiger partial charge in [0.15, 0.2) is 0 Å². The maximum Gasteiger partial charge on any atom is 0.408 e. The highest BCUT2D eigenvalue weighted by Gasteiger charge is 2.31. The smallest absolute Gasteiger partial charge is 0.408 e. The third-order valence-electron chi connectivity index (χ3n) is 6.34. The number of carboxylic acid groups (broad SMARTS) is 1. The number of para-hydroxylation sites is 1. The summed E-state index contributed by atoms with van der Waals surface area (Å²) in [6.45, 7) is 8.99. The summed E-state index contributed by atoms with van der Waals surface area (Å²) in [5.74, 6) is -2.36. The van der Waals surface area contributed by atoms with Gasteiger partial charge in [-0.15, -0.1) is 0 Å². The van der Waals surface area contributed by atoms with Crippen LogP contribution in [0.15, 0.2) is 60.8 Å². The Morgan fingerprint density at radius 2 is 1.44 bits per heavy atom. The van der Waals surface area contributed by atoms with Gasteiger partial charge in [-0.05, 0) is 50.3 Å². The molecule has 0 radical (unpaired) electrons. The number of carbonyl (C=O) groups is 4. The average Bonchev–Trinajstić information content (AvgIpc) is 3.29. The fourth-order valence-electron chi connectivity index (χ4n) is 4.48. The highest BCUT2D eigenvalue weighted by molar-refractivity contribution is 5.93. The van der Waals surface area contributed by atoms with E-state index in [2.05, 4.69) is 20.9 Å². The van der Waals surface area contributed by atoms with E-state index in [1.54, 1.807) is 27.0 Å². The summed E-state index contributed by atoms with van der Waals surface area (Å²) in [6, 6.07) is 13.3. The van der Waals surface area contributed by atoms with Gasteiger partial charge in [0.1, 0.15) is 23.7 Å². The number of carbonyl (C=O) groups excluding carboxylic acids is 3. The van der Waals surface area contributed by atoms with E-state index in [9.17, 15) is 24.3 Å². The van der Waals surface area contributed by atoms with Crippen LogP contribution in [0.5, 0.6) is 0 Å². The fraction of sp³-hybridized carbons (Fsp3) is 0.419. The lowest BCUT2D eigenvalue weighted by molar-refractivity contribution is -0.142. The molecule has 1 aromatic heterocycles. The van der Waals surface area contributed by atoms with Crippen molar-refractivity contribution in [2.24, 2.45) is 5.92 Å². The molecule has 0 aliphatic heterocycles. The van der Waals surface area contributed by atoms with E-state index in [4.69, 9.17) is 4.74 Å². The Morgan fingerprint density at radius 1 is 0.829 bits per heavy atom.